The molecule has 0 spiro atoms. The largest absolute Gasteiger partial charge is 0.493 e. The third-order valence-corrected chi connectivity index (χ3v) is 2.29. The highest BCUT2D eigenvalue weighted by molar-refractivity contribution is 5.46. The van der Waals surface area contributed by atoms with Gasteiger partial charge < -0.3 is 14.8 Å². The van der Waals surface area contributed by atoms with Gasteiger partial charge in [-0.05, 0) is 26.0 Å². The quantitative estimate of drug-likeness (QED) is 0.792. The number of methoxy groups -OCH3 is 2. The third kappa shape index (κ3) is 3.13. The van der Waals surface area contributed by atoms with E-state index in [4.69, 9.17) is 9.47 Å². The second-order valence-electron chi connectivity index (χ2n) is 3.84. The van der Waals surface area contributed by atoms with Gasteiger partial charge in [0, 0.05) is 0 Å². The average molecular weight is 210 g/mol. The number of hydrogen-bond donors (Lipinski definition) is 1. The van der Waals surface area contributed by atoms with Crippen molar-refractivity contribution in [2.75, 3.05) is 14.2 Å². The minimum absolute atomic E-state index is 0.584. The zero-order valence-corrected chi connectivity index (χ0v) is 9.91. The smallest absolute Gasteiger partial charge is 0.169 e. The van der Waals surface area contributed by atoms with Crippen LogP contribution in [0.4, 0.5) is 0 Å². The molecule has 0 aliphatic carbocycles. The molecule has 0 saturated heterocycles. The monoisotopic (exact) mass is 210 g/mol. The molecule has 0 amide bonds. The van der Waals surface area contributed by atoms with E-state index >= 15 is 0 Å². The van der Waals surface area contributed by atoms with Gasteiger partial charge in [-0.15, -0.1) is 0 Å². The van der Waals surface area contributed by atoms with Gasteiger partial charge >= 0.3 is 0 Å². The van der Waals surface area contributed by atoms with Crippen molar-refractivity contribution in [3.63, 3.8) is 0 Å². The number of benzene rings is 1. The standard InChI is InChI=1S/C12H19NO2/c1-9(2)13-8-10-6-5-7-11(14-3)12(10)15-4/h5-7,9,13H,8H2,1-4H3/p+1. The van der Waals surface area contributed by atoms with Crippen molar-refractivity contribution >= 4 is 0 Å². The van der Waals surface area contributed by atoms with Gasteiger partial charge in [-0.1, -0.05) is 6.07 Å². The van der Waals surface area contributed by atoms with Crippen molar-refractivity contribution in [2.24, 2.45) is 0 Å². The molecule has 1 aromatic rings. The number of ether oxygens (including phenoxy) is 2. The van der Waals surface area contributed by atoms with Crippen LogP contribution in [0, 0.1) is 0 Å². The minimum Gasteiger partial charge on any atom is -0.493 e. The summed E-state index contributed by atoms with van der Waals surface area (Å²) in [6, 6.07) is 6.56. The molecular weight excluding hydrogens is 190 g/mol. The molecule has 84 valence electrons. The molecule has 2 N–H and O–H groups in total. The van der Waals surface area contributed by atoms with Gasteiger partial charge in [-0.2, -0.15) is 0 Å². The normalized spacial score (nSPS) is 10.5. The molecule has 3 heteroatoms. The predicted molar refractivity (Wildman–Crippen MR) is 60.3 cm³/mol. The van der Waals surface area contributed by atoms with Crippen LogP contribution in [0.5, 0.6) is 11.5 Å². The van der Waals surface area contributed by atoms with Crippen LogP contribution >= 0.6 is 0 Å². The van der Waals surface area contributed by atoms with E-state index in [9.17, 15) is 0 Å². The fourth-order valence-electron chi connectivity index (χ4n) is 1.48. The van der Waals surface area contributed by atoms with E-state index in [1.165, 1.54) is 5.56 Å². The minimum atomic E-state index is 0.584. The summed E-state index contributed by atoms with van der Waals surface area (Å²) in [4.78, 5) is 0. The Morgan fingerprint density at radius 1 is 1.20 bits per heavy atom. The maximum Gasteiger partial charge on any atom is 0.169 e. The lowest BCUT2D eigenvalue weighted by atomic mass is 10.1. The topological polar surface area (TPSA) is 35.1 Å². The predicted octanol–water partition coefficient (Wildman–Crippen LogP) is 1.18. The lowest BCUT2D eigenvalue weighted by Crippen LogP contribution is -2.86. The summed E-state index contributed by atoms with van der Waals surface area (Å²) >= 11 is 0. The van der Waals surface area contributed by atoms with Crippen LogP contribution in [-0.2, 0) is 6.54 Å². The molecular formula is C12H20NO2+. The molecule has 15 heavy (non-hydrogen) atoms. The van der Waals surface area contributed by atoms with Crippen molar-refractivity contribution in [3.8, 4) is 11.5 Å². The maximum atomic E-state index is 5.35. The van der Waals surface area contributed by atoms with Gasteiger partial charge in [0.1, 0.15) is 6.54 Å². The van der Waals surface area contributed by atoms with Crippen molar-refractivity contribution in [2.45, 2.75) is 26.4 Å². The van der Waals surface area contributed by atoms with E-state index in [-0.39, 0.29) is 0 Å². The first-order valence-electron chi connectivity index (χ1n) is 5.22. The van der Waals surface area contributed by atoms with E-state index in [0.29, 0.717) is 6.04 Å². The average Bonchev–Trinajstić information content (AvgIpc) is 2.25. The van der Waals surface area contributed by atoms with Crippen molar-refractivity contribution in [3.05, 3.63) is 23.8 Å². The molecule has 0 aliphatic heterocycles. The van der Waals surface area contributed by atoms with Crippen LogP contribution in [-0.4, -0.2) is 20.3 Å². The lowest BCUT2D eigenvalue weighted by molar-refractivity contribution is -0.698. The Balaban J connectivity index is 2.86. The highest BCUT2D eigenvalue weighted by Gasteiger charge is 2.10. The third-order valence-electron chi connectivity index (χ3n) is 2.29. The fourth-order valence-corrected chi connectivity index (χ4v) is 1.48. The Morgan fingerprint density at radius 2 is 1.93 bits per heavy atom. The van der Waals surface area contributed by atoms with E-state index < -0.39 is 0 Å². The first-order valence-corrected chi connectivity index (χ1v) is 5.22. The Morgan fingerprint density at radius 3 is 2.47 bits per heavy atom. The number of rotatable bonds is 5. The van der Waals surface area contributed by atoms with Crippen LogP contribution < -0.4 is 14.8 Å². The Kier molecular flexibility index (Phi) is 4.43. The lowest BCUT2D eigenvalue weighted by Gasteiger charge is -2.12. The fraction of sp³-hybridized carbons (Fsp3) is 0.500. The van der Waals surface area contributed by atoms with Crippen LogP contribution in [0.1, 0.15) is 19.4 Å². The van der Waals surface area contributed by atoms with Crippen molar-refractivity contribution in [1.82, 2.24) is 0 Å². The molecule has 0 saturated carbocycles. The molecule has 0 fully saturated rings. The Hall–Kier alpha value is -1.22. The van der Waals surface area contributed by atoms with Crippen molar-refractivity contribution in [1.29, 1.82) is 0 Å². The zero-order valence-electron chi connectivity index (χ0n) is 9.91. The second kappa shape index (κ2) is 5.61. The summed E-state index contributed by atoms with van der Waals surface area (Å²) in [6.45, 7) is 5.26. The van der Waals surface area contributed by atoms with Crippen LogP contribution in [0.2, 0.25) is 0 Å². The second-order valence-corrected chi connectivity index (χ2v) is 3.84. The molecule has 1 rings (SSSR count). The molecule has 0 aromatic heterocycles. The summed E-state index contributed by atoms with van der Waals surface area (Å²) in [5, 5.41) is 2.26. The molecule has 1 aromatic carbocycles. The number of para-hydroxylation sites is 1. The molecule has 3 nitrogen and oxygen atoms in total. The van der Waals surface area contributed by atoms with Crippen LogP contribution in [0.15, 0.2) is 18.2 Å². The van der Waals surface area contributed by atoms with Gasteiger partial charge in [-0.25, -0.2) is 0 Å². The highest BCUT2D eigenvalue weighted by atomic mass is 16.5. The van der Waals surface area contributed by atoms with E-state index in [0.717, 1.165) is 18.0 Å². The maximum absolute atomic E-state index is 5.35. The van der Waals surface area contributed by atoms with Gasteiger partial charge in [0.05, 0.1) is 25.8 Å². The first kappa shape index (κ1) is 11.9. The van der Waals surface area contributed by atoms with Gasteiger partial charge in [0.2, 0.25) is 0 Å². The summed E-state index contributed by atoms with van der Waals surface area (Å²) in [5.74, 6) is 1.64. The summed E-state index contributed by atoms with van der Waals surface area (Å²) in [6.07, 6.45) is 0. The van der Waals surface area contributed by atoms with E-state index in [1.54, 1.807) is 14.2 Å². The van der Waals surface area contributed by atoms with Crippen LogP contribution in [0.3, 0.4) is 0 Å². The summed E-state index contributed by atoms with van der Waals surface area (Å²) < 4.78 is 10.6. The first-order chi connectivity index (χ1) is 7.19. The SMILES string of the molecule is COc1cccc(C[NH2+]C(C)C)c1OC. The Bertz CT molecular complexity index is 310. The molecule has 0 atom stereocenters. The van der Waals surface area contributed by atoms with Crippen molar-refractivity contribution < 1.29 is 14.8 Å². The van der Waals surface area contributed by atoms with E-state index in [1.807, 2.05) is 12.1 Å². The van der Waals surface area contributed by atoms with Gasteiger partial charge in [0.15, 0.2) is 11.5 Å². The van der Waals surface area contributed by atoms with Gasteiger partial charge in [-0.3, -0.25) is 0 Å². The number of nitrogens with two attached hydrogens (primary N) is 1. The molecule has 0 unspecified atom stereocenters. The summed E-state index contributed by atoms with van der Waals surface area (Å²) in [5.41, 5.74) is 1.17. The van der Waals surface area contributed by atoms with Crippen LogP contribution in [0.25, 0.3) is 0 Å². The molecule has 0 radical (unpaired) electrons. The van der Waals surface area contributed by atoms with Gasteiger partial charge in [0.25, 0.3) is 0 Å². The number of quaternary nitrogens is 1. The molecule has 0 heterocycles. The Labute approximate surface area is 91.4 Å². The zero-order chi connectivity index (χ0) is 11.3. The highest BCUT2D eigenvalue weighted by Crippen LogP contribution is 2.29. The summed E-state index contributed by atoms with van der Waals surface area (Å²) in [7, 11) is 3.34. The molecule has 0 bridgehead atoms. The number of hydrogen-bond acceptors (Lipinski definition) is 2. The van der Waals surface area contributed by atoms with E-state index in [2.05, 4.69) is 25.2 Å². The molecule has 0 aliphatic rings.